The molecule has 0 saturated heterocycles. The van der Waals surface area contributed by atoms with Crippen molar-refractivity contribution in [3.05, 3.63) is 59.7 Å². The van der Waals surface area contributed by atoms with Crippen LogP contribution < -0.4 is 31.9 Å². The van der Waals surface area contributed by atoms with Gasteiger partial charge in [-0.3, -0.25) is 67.1 Å². The molecule has 4 atom stereocenters. The number of nitrogens with one attached hydrogen (secondary N) is 6. The molecule has 2 aromatic carbocycles. The monoisotopic (exact) mass is 1400 g/mol. The quantitative estimate of drug-likeness (QED) is 0.0108. The fraction of sp³-hybridized carbons (Fsp3) is 0.603. The van der Waals surface area contributed by atoms with Crippen LogP contribution in [0, 0.1) is 5.92 Å². The lowest BCUT2D eigenvalue weighted by atomic mass is 9.99. The first-order valence-corrected chi connectivity index (χ1v) is 34.2. The van der Waals surface area contributed by atoms with Crippen molar-refractivity contribution >= 4 is 105 Å². The van der Waals surface area contributed by atoms with Gasteiger partial charge in [-0.1, -0.05) is 50.2 Å². The first-order chi connectivity index (χ1) is 46.9. The van der Waals surface area contributed by atoms with Crippen LogP contribution in [0.25, 0.3) is 0 Å². The number of carbonyl (C=O) groups excluding carboxylic acids is 17. The van der Waals surface area contributed by atoms with Gasteiger partial charge in [0.2, 0.25) is 23.6 Å². The second kappa shape index (κ2) is 45.5. The number of hydrogen-bond acceptors (Lipinski definition) is 21. The van der Waals surface area contributed by atoms with Crippen LogP contribution in [0.3, 0.4) is 0 Å². The molecular formula is C73H104N6O21. The van der Waals surface area contributed by atoms with Gasteiger partial charge in [0, 0.05) is 135 Å². The topological polar surface area (TPSA) is 410 Å². The summed E-state index contributed by atoms with van der Waals surface area (Å²) in [4.78, 5) is 214. The van der Waals surface area contributed by atoms with Gasteiger partial charge in [0.05, 0.1) is 12.1 Å². The minimum atomic E-state index is -1.27. The summed E-state index contributed by atoms with van der Waals surface area (Å²) in [5, 5.41) is 26.6. The Bertz CT molecular complexity index is 3180. The summed E-state index contributed by atoms with van der Waals surface area (Å²) >= 11 is 0. The number of carbonyl (C=O) groups is 17. The molecule has 0 aliphatic carbocycles. The molecule has 2 rings (SSSR count). The Kier molecular flexibility index (Phi) is 39.5. The van der Waals surface area contributed by atoms with Crippen LogP contribution in [-0.2, 0) is 99.2 Å². The van der Waals surface area contributed by atoms with E-state index in [1.807, 2.05) is 0 Å². The number of aromatic hydroxyl groups is 1. The Hall–Kier alpha value is -9.17. The SMILES string of the molecule is CC(=O)CCC(=O)CCC(=O)CCC(=O)CCC(=O)CCC(=O)CCC(=O)CCC(=O)CCC(=O)CCC(=O)CC(=O)NCCCC[C@H](NC(=O)OCc1ccccc1)C(=O)N[C@H](C(=O)N[C@@H](C)C(=O)Nc1cc(C[C@@H](CCC(=O)OC(C)(C)C)NC(=O)OC(C)(C)C)ccc1O)C(C)C. The van der Waals surface area contributed by atoms with Crippen molar-refractivity contribution in [2.24, 2.45) is 5.92 Å². The summed E-state index contributed by atoms with van der Waals surface area (Å²) in [5.41, 5.74) is -0.355. The Morgan fingerprint density at radius 3 is 1.37 bits per heavy atom. The molecule has 6 amide bonds. The van der Waals surface area contributed by atoms with Crippen LogP contribution in [0.2, 0.25) is 0 Å². The van der Waals surface area contributed by atoms with Crippen molar-refractivity contribution < 1.29 is 101 Å². The van der Waals surface area contributed by atoms with Crippen LogP contribution >= 0.6 is 0 Å². The largest absolute Gasteiger partial charge is 0.506 e. The van der Waals surface area contributed by atoms with Crippen LogP contribution in [-0.4, -0.2) is 147 Å². The van der Waals surface area contributed by atoms with Crippen molar-refractivity contribution in [1.82, 2.24) is 26.6 Å². The molecule has 0 unspecified atom stereocenters. The number of unbranched alkanes of at least 4 members (excludes halogenated alkanes) is 1. The highest BCUT2D eigenvalue weighted by Gasteiger charge is 2.32. The van der Waals surface area contributed by atoms with Crippen LogP contribution in [0.4, 0.5) is 15.3 Å². The average molecular weight is 1400 g/mol. The number of amides is 6. The molecule has 2 aromatic rings. The predicted molar refractivity (Wildman–Crippen MR) is 367 cm³/mol. The number of rotatable bonds is 50. The molecule has 0 spiro atoms. The number of ketones is 10. The highest BCUT2D eigenvalue weighted by atomic mass is 16.6. The summed E-state index contributed by atoms with van der Waals surface area (Å²) in [6, 6.07) is 8.75. The molecule has 0 radical (unpaired) electrons. The van der Waals surface area contributed by atoms with Gasteiger partial charge in [-0.15, -0.1) is 0 Å². The number of phenolic OH excluding ortho intramolecular Hbond substituents is 1. The molecule has 0 heterocycles. The summed E-state index contributed by atoms with van der Waals surface area (Å²) in [7, 11) is 0. The van der Waals surface area contributed by atoms with Gasteiger partial charge < -0.3 is 56.0 Å². The van der Waals surface area contributed by atoms with Gasteiger partial charge in [0.1, 0.15) is 99.5 Å². The molecule has 0 aliphatic rings. The van der Waals surface area contributed by atoms with E-state index in [0.29, 0.717) is 11.1 Å². The van der Waals surface area contributed by atoms with E-state index in [-0.39, 0.29) is 225 Å². The molecule has 27 heteroatoms. The van der Waals surface area contributed by atoms with Gasteiger partial charge in [0.25, 0.3) is 0 Å². The third-order valence-electron chi connectivity index (χ3n) is 15.3. The first-order valence-electron chi connectivity index (χ1n) is 34.2. The maximum atomic E-state index is 14.0. The Balaban J connectivity index is 1.86. The van der Waals surface area contributed by atoms with E-state index in [9.17, 15) is 86.6 Å². The lowest BCUT2D eigenvalue weighted by molar-refractivity contribution is -0.155. The zero-order valence-corrected chi connectivity index (χ0v) is 59.7. The molecule has 7 N–H and O–H groups in total. The summed E-state index contributed by atoms with van der Waals surface area (Å²) < 4.78 is 16.3. The lowest BCUT2D eigenvalue weighted by Crippen LogP contribution is -2.57. The highest BCUT2D eigenvalue weighted by molar-refractivity contribution is 6.01. The summed E-state index contributed by atoms with van der Waals surface area (Å²) in [6.07, 6.45) is -3.34. The molecule has 552 valence electrons. The van der Waals surface area contributed by atoms with Crippen molar-refractivity contribution in [3.63, 3.8) is 0 Å². The molecule has 27 nitrogen and oxygen atoms in total. The maximum Gasteiger partial charge on any atom is 0.408 e. The molecule has 0 aromatic heterocycles. The second-order valence-corrected chi connectivity index (χ2v) is 27.3. The van der Waals surface area contributed by atoms with Gasteiger partial charge in [0.15, 0.2) is 0 Å². The van der Waals surface area contributed by atoms with E-state index in [4.69, 9.17) is 14.2 Å². The standard InChI is InChI=1S/C73H104N6O21/c1-46(2)66(69(95)75-48(4)67(93)77-62-43-50(20-39-63(62)90)42-51(76-71(97)100-73(8,9)10)21-40-65(92)99-72(5,6)7)79-68(94)61(78-70(96)98-45-49-16-12-11-13-17-49)18-14-15-41-74-64(91)44-60(89)38-37-59(88)36-35-58(87)34-33-57(86)32-31-56(85)30-29-55(84)28-27-54(83)26-25-53(82)24-23-52(81)22-19-47(3)80/h11-13,16-17,20,39,43,46,48,51,61,66,90H,14-15,18-19,21-38,40-42,44-45H2,1-10H3,(H,74,91)(H,75,95)(H,76,97)(H,77,93)(H,78,96)(H,79,94)/t48-,51+,61-,66-/m0/s1. The number of hydrogen-bond donors (Lipinski definition) is 7. The number of anilines is 1. The van der Waals surface area contributed by atoms with E-state index in [0.717, 1.165) is 0 Å². The zero-order valence-electron chi connectivity index (χ0n) is 59.7. The van der Waals surface area contributed by atoms with Crippen molar-refractivity contribution in [2.75, 3.05) is 11.9 Å². The zero-order chi connectivity index (χ0) is 75.1. The Morgan fingerprint density at radius 1 is 0.460 bits per heavy atom. The third kappa shape index (κ3) is 41.3. The van der Waals surface area contributed by atoms with Crippen LogP contribution in [0.1, 0.15) is 234 Å². The summed E-state index contributed by atoms with van der Waals surface area (Å²) in [5.74, 6) is -7.49. The smallest absolute Gasteiger partial charge is 0.408 e. The normalized spacial score (nSPS) is 12.4. The maximum absolute atomic E-state index is 14.0. The van der Waals surface area contributed by atoms with Crippen molar-refractivity contribution in [2.45, 2.75) is 272 Å². The van der Waals surface area contributed by atoms with Gasteiger partial charge in [-0.2, -0.15) is 0 Å². The number of phenols is 1. The first kappa shape index (κ1) is 86.9. The van der Waals surface area contributed by atoms with Gasteiger partial charge >= 0.3 is 18.2 Å². The molecule has 100 heavy (non-hydrogen) atoms. The van der Waals surface area contributed by atoms with E-state index >= 15 is 0 Å². The van der Waals surface area contributed by atoms with Crippen molar-refractivity contribution in [1.29, 1.82) is 0 Å². The average Bonchev–Trinajstić information content (AvgIpc) is 0.852. The van der Waals surface area contributed by atoms with Crippen LogP contribution in [0.5, 0.6) is 5.75 Å². The van der Waals surface area contributed by atoms with E-state index in [1.54, 1.807) is 91.8 Å². The lowest BCUT2D eigenvalue weighted by Gasteiger charge is -2.26. The molecular weight excluding hydrogens is 1300 g/mol. The van der Waals surface area contributed by atoms with Gasteiger partial charge in [-0.05, 0) is 117 Å². The number of benzene rings is 2. The highest BCUT2D eigenvalue weighted by Crippen LogP contribution is 2.26. The number of esters is 1. The van der Waals surface area contributed by atoms with Gasteiger partial charge in [-0.25, -0.2) is 9.59 Å². The minimum Gasteiger partial charge on any atom is -0.506 e. The molecule has 0 bridgehead atoms. The van der Waals surface area contributed by atoms with E-state index in [1.165, 1.54) is 26.0 Å². The van der Waals surface area contributed by atoms with Crippen LogP contribution in [0.15, 0.2) is 48.5 Å². The van der Waals surface area contributed by atoms with Crippen molar-refractivity contribution in [3.8, 4) is 5.75 Å². The van der Waals surface area contributed by atoms with E-state index < -0.39 is 101 Å². The predicted octanol–water partition coefficient (Wildman–Crippen LogP) is 8.24. The second-order valence-electron chi connectivity index (χ2n) is 27.3. The fourth-order valence-corrected chi connectivity index (χ4v) is 9.63. The third-order valence-corrected chi connectivity index (χ3v) is 15.3. The number of Topliss-reactive ketones (excluding diaryl/α,β-unsaturated/α-hetero) is 10. The Labute approximate surface area is 585 Å². The fourth-order valence-electron chi connectivity index (χ4n) is 9.63. The Morgan fingerprint density at radius 2 is 0.920 bits per heavy atom. The molecule has 0 saturated carbocycles. The number of alkyl carbamates (subject to hydrolysis) is 2. The number of ether oxygens (including phenoxy) is 3. The molecule has 0 fully saturated rings. The molecule has 0 aliphatic heterocycles. The minimum absolute atomic E-state index is 0.000288. The summed E-state index contributed by atoms with van der Waals surface area (Å²) in [6.45, 7) is 16.3. The van der Waals surface area contributed by atoms with E-state index in [2.05, 4.69) is 31.9 Å².